The summed E-state index contributed by atoms with van der Waals surface area (Å²) in [6.45, 7) is 7.09. The largest absolute Gasteiger partial charge is 0.494 e. The lowest BCUT2D eigenvalue weighted by Crippen LogP contribution is -2.54. The topological polar surface area (TPSA) is 156 Å². The Hall–Kier alpha value is -3.16. The first-order chi connectivity index (χ1) is 20.7. The number of sulfone groups is 1. The number of ketones is 1. The Morgan fingerprint density at radius 2 is 1.80 bits per heavy atom. The van der Waals surface area contributed by atoms with Gasteiger partial charge in [0, 0.05) is 21.9 Å². The van der Waals surface area contributed by atoms with Gasteiger partial charge in [0.2, 0.25) is 11.8 Å². The maximum absolute atomic E-state index is 14.1. The SMILES string of the molecule is CCCS(=O)(=O)c1ccc(OCC)c(CC(=O)NC(C(=O)NC(CC(=O)O)C(=O)CSCc2c(F)cccc2Cl)C(C)C)c1. The van der Waals surface area contributed by atoms with Gasteiger partial charge in [-0.05, 0) is 49.6 Å². The van der Waals surface area contributed by atoms with E-state index in [9.17, 15) is 37.1 Å². The number of hydrogen-bond acceptors (Lipinski definition) is 8. The smallest absolute Gasteiger partial charge is 0.305 e. The number of carbonyl (C=O) groups excluding carboxylic acids is 3. The summed E-state index contributed by atoms with van der Waals surface area (Å²) in [5, 5.41) is 14.6. The van der Waals surface area contributed by atoms with E-state index >= 15 is 0 Å². The molecule has 2 unspecified atom stereocenters. The molecular weight excluding hydrogens is 635 g/mol. The van der Waals surface area contributed by atoms with E-state index in [4.69, 9.17) is 16.3 Å². The summed E-state index contributed by atoms with van der Waals surface area (Å²) in [6, 6.07) is 5.95. The number of carboxylic acid groups (broad SMARTS) is 1. The molecule has 0 aliphatic heterocycles. The normalized spacial score (nSPS) is 12.8. The summed E-state index contributed by atoms with van der Waals surface area (Å²) in [6.07, 6.45) is -0.574. The van der Waals surface area contributed by atoms with Crippen LogP contribution in [-0.4, -0.2) is 67.3 Å². The van der Waals surface area contributed by atoms with Gasteiger partial charge in [-0.1, -0.05) is 38.4 Å². The van der Waals surface area contributed by atoms with Gasteiger partial charge in [0.25, 0.3) is 0 Å². The molecule has 0 aliphatic carbocycles. The first-order valence-electron chi connectivity index (χ1n) is 14.0. The van der Waals surface area contributed by atoms with Crippen LogP contribution in [0.25, 0.3) is 0 Å². The van der Waals surface area contributed by atoms with Gasteiger partial charge in [-0.2, -0.15) is 0 Å². The molecule has 0 radical (unpaired) electrons. The molecule has 10 nitrogen and oxygen atoms in total. The van der Waals surface area contributed by atoms with Crippen LogP contribution in [0.1, 0.15) is 51.7 Å². The van der Waals surface area contributed by atoms with E-state index in [2.05, 4.69) is 10.6 Å². The predicted octanol–water partition coefficient (Wildman–Crippen LogP) is 4.21. The Balaban J connectivity index is 2.16. The van der Waals surface area contributed by atoms with Gasteiger partial charge in [0.15, 0.2) is 15.6 Å². The number of benzene rings is 2. The third-order valence-electron chi connectivity index (χ3n) is 6.42. The second kappa shape index (κ2) is 17.4. The standard InChI is InChI=1S/C30H38ClFN2O8S2/c1-5-12-44(40,41)20-10-11-26(42-6-2)19(13-20)14-27(36)34-29(18(3)4)30(39)33-24(15-28(37)38)25(35)17-43-16-21-22(31)8-7-9-23(21)32/h7-11,13,18,24,29H,5-6,12,14-17H2,1-4H3,(H,33,39)(H,34,36)(H,37,38). The minimum Gasteiger partial charge on any atom is -0.494 e. The molecule has 2 amide bonds. The maximum atomic E-state index is 14.1. The van der Waals surface area contributed by atoms with E-state index in [1.165, 1.54) is 36.4 Å². The monoisotopic (exact) mass is 672 g/mol. The van der Waals surface area contributed by atoms with Gasteiger partial charge >= 0.3 is 5.97 Å². The average molecular weight is 673 g/mol. The zero-order valence-electron chi connectivity index (χ0n) is 25.0. The lowest BCUT2D eigenvalue weighted by atomic mass is 10.0. The van der Waals surface area contributed by atoms with Crippen molar-refractivity contribution in [1.82, 2.24) is 10.6 Å². The number of rotatable bonds is 18. The van der Waals surface area contributed by atoms with Crippen LogP contribution in [0.3, 0.4) is 0 Å². The van der Waals surface area contributed by atoms with E-state index in [1.807, 2.05) is 0 Å². The Bertz CT molecular complexity index is 1430. The molecule has 2 atom stereocenters. The van der Waals surface area contributed by atoms with Crippen LogP contribution < -0.4 is 15.4 Å². The third kappa shape index (κ3) is 11.1. The highest BCUT2D eigenvalue weighted by atomic mass is 35.5. The van der Waals surface area contributed by atoms with Crippen LogP contribution >= 0.6 is 23.4 Å². The van der Waals surface area contributed by atoms with E-state index < -0.39 is 63.6 Å². The number of carboxylic acids is 1. The molecule has 0 saturated carbocycles. The fourth-order valence-electron chi connectivity index (χ4n) is 4.21. The number of halogens is 2. The van der Waals surface area contributed by atoms with E-state index in [0.717, 1.165) is 11.8 Å². The van der Waals surface area contributed by atoms with Gasteiger partial charge in [-0.25, -0.2) is 12.8 Å². The van der Waals surface area contributed by atoms with Crippen molar-refractivity contribution in [2.24, 2.45) is 5.92 Å². The van der Waals surface area contributed by atoms with Crippen molar-refractivity contribution in [3.8, 4) is 5.75 Å². The second-order valence-electron chi connectivity index (χ2n) is 10.3. The summed E-state index contributed by atoms with van der Waals surface area (Å²) in [5.74, 6) is -4.19. The lowest BCUT2D eigenvalue weighted by Gasteiger charge is -2.25. The Morgan fingerprint density at radius 1 is 1.09 bits per heavy atom. The summed E-state index contributed by atoms with van der Waals surface area (Å²) in [7, 11) is -3.57. The van der Waals surface area contributed by atoms with Gasteiger partial charge in [-0.15, -0.1) is 11.8 Å². The van der Waals surface area contributed by atoms with Crippen molar-refractivity contribution in [2.45, 2.75) is 69.7 Å². The van der Waals surface area contributed by atoms with E-state index in [0.29, 0.717) is 17.7 Å². The fourth-order valence-corrected chi connectivity index (χ4v) is 6.89. The third-order valence-corrected chi connectivity index (χ3v) is 9.67. The number of nitrogens with one attached hydrogen (secondary N) is 2. The molecular formula is C30H38ClFN2O8S2. The zero-order valence-corrected chi connectivity index (χ0v) is 27.4. The first-order valence-corrected chi connectivity index (χ1v) is 17.2. The molecule has 44 heavy (non-hydrogen) atoms. The highest BCUT2D eigenvalue weighted by Gasteiger charge is 2.30. The molecule has 3 N–H and O–H groups in total. The fraction of sp³-hybridized carbons (Fsp3) is 0.467. The van der Waals surface area contributed by atoms with Crippen LogP contribution in [0.15, 0.2) is 41.3 Å². The number of hydrogen-bond donors (Lipinski definition) is 3. The van der Waals surface area contributed by atoms with Gasteiger partial charge in [-0.3, -0.25) is 19.2 Å². The molecule has 0 fully saturated rings. The molecule has 0 aromatic heterocycles. The Morgan fingerprint density at radius 3 is 2.39 bits per heavy atom. The number of Topliss-reactive ketones (excluding diaryl/α,β-unsaturated/α-hetero) is 1. The van der Waals surface area contributed by atoms with Crippen LogP contribution in [0, 0.1) is 11.7 Å². The molecule has 14 heteroatoms. The minimum atomic E-state index is -3.57. The summed E-state index contributed by atoms with van der Waals surface area (Å²) in [4.78, 5) is 50.8. The van der Waals surface area contributed by atoms with Crippen LogP contribution in [0.4, 0.5) is 4.39 Å². The summed E-state index contributed by atoms with van der Waals surface area (Å²) >= 11 is 7.05. The molecule has 2 rings (SSSR count). The number of carbonyl (C=O) groups is 4. The number of ether oxygens (including phenoxy) is 1. The molecule has 242 valence electrons. The van der Waals surface area contributed by atoms with E-state index in [-0.39, 0.29) is 45.8 Å². The van der Waals surface area contributed by atoms with E-state index in [1.54, 1.807) is 27.7 Å². The number of amides is 2. The number of aliphatic carboxylic acids is 1. The zero-order chi connectivity index (χ0) is 33.0. The second-order valence-corrected chi connectivity index (χ2v) is 13.8. The summed E-state index contributed by atoms with van der Waals surface area (Å²) < 4.78 is 44.9. The van der Waals surface area contributed by atoms with Crippen molar-refractivity contribution in [2.75, 3.05) is 18.1 Å². The van der Waals surface area contributed by atoms with Gasteiger partial charge in [0.1, 0.15) is 17.6 Å². The van der Waals surface area contributed by atoms with Crippen LogP contribution in [0.2, 0.25) is 5.02 Å². The van der Waals surface area contributed by atoms with Crippen molar-refractivity contribution >= 4 is 56.8 Å². The van der Waals surface area contributed by atoms with Crippen LogP contribution in [0.5, 0.6) is 5.75 Å². The lowest BCUT2D eigenvalue weighted by molar-refractivity contribution is -0.140. The molecule has 2 aromatic rings. The van der Waals surface area contributed by atoms with Gasteiger partial charge < -0.3 is 20.5 Å². The van der Waals surface area contributed by atoms with Crippen molar-refractivity contribution in [3.63, 3.8) is 0 Å². The van der Waals surface area contributed by atoms with Crippen molar-refractivity contribution in [3.05, 3.63) is 58.4 Å². The van der Waals surface area contributed by atoms with Crippen molar-refractivity contribution < 1.29 is 41.8 Å². The highest BCUT2D eigenvalue weighted by molar-refractivity contribution is 7.99. The first kappa shape index (κ1) is 37.0. The predicted molar refractivity (Wildman–Crippen MR) is 167 cm³/mol. The molecule has 0 saturated heterocycles. The molecule has 0 spiro atoms. The Labute approximate surface area is 266 Å². The summed E-state index contributed by atoms with van der Waals surface area (Å²) in [5.41, 5.74) is 0.518. The van der Waals surface area contributed by atoms with Crippen LogP contribution in [-0.2, 0) is 41.2 Å². The number of thioether (sulfide) groups is 1. The molecule has 0 aliphatic rings. The quantitative estimate of drug-likeness (QED) is 0.211. The Kier molecular flexibility index (Phi) is 14.6. The molecule has 0 heterocycles. The minimum absolute atomic E-state index is 0.0499. The highest BCUT2D eigenvalue weighted by Crippen LogP contribution is 2.26. The van der Waals surface area contributed by atoms with Gasteiger partial charge in [0.05, 0.1) is 41.9 Å². The van der Waals surface area contributed by atoms with Crippen molar-refractivity contribution in [1.29, 1.82) is 0 Å². The molecule has 0 bridgehead atoms. The maximum Gasteiger partial charge on any atom is 0.305 e. The molecule has 2 aromatic carbocycles. The average Bonchev–Trinajstić information content (AvgIpc) is 2.93.